The van der Waals surface area contributed by atoms with Crippen molar-refractivity contribution in [3.05, 3.63) is 53.9 Å². The molecule has 1 aromatic carbocycles. The van der Waals surface area contributed by atoms with Crippen LogP contribution in [0.1, 0.15) is 44.2 Å². The number of aryl methyl sites for hydroxylation is 1. The molecule has 232 valence electrons. The lowest BCUT2D eigenvalue weighted by atomic mass is 9.95. The Kier molecular flexibility index (Phi) is 6.48. The molecule has 5 aromatic rings. The smallest absolute Gasteiger partial charge is 0.319 e. The number of halogens is 2. The molecule has 2 N–H and O–H groups in total. The lowest BCUT2D eigenvalue weighted by molar-refractivity contribution is 0.108. The van der Waals surface area contributed by atoms with Gasteiger partial charge in [0.15, 0.2) is 5.82 Å². The van der Waals surface area contributed by atoms with Gasteiger partial charge >= 0.3 is 6.01 Å². The summed E-state index contributed by atoms with van der Waals surface area (Å²) < 4.78 is 46.5. The monoisotopic (exact) mass is 613 g/mol. The molecule has 3 aliphatic heterocycles. The van der Waals surface area contributed by atoms with Gasteiger partial charge in [-0.25, -0.2) is 18.7 Å². The van der Waals surface area contributed by atoms with Crippen LogP contribution in [0.3, 0.4) is 0 Å². The van der Waals surface area contributed by atoms with Gasteiger partial charge in [0.25, 0.3) is 0 Å². The number of nitrogens with zero attached hydrogens (tertiary/aromatic N) is 8. The number of anilines is 2. The summed E-state index contributed by atoms with van der Waals surface area (Å²) in [4.78, 5) is 22.8. The van der Waals surface area contributed by atoms with Gasteiger partial charge in [-0.3, -0.25) is 9.58 Å². The van der Waals surface area contributed by atoms with E-state index in [0.29, 0.717) is 35.7 Å². The molecular weight excluding hydrogens is 580 g/mol. The Balaban J connectivity index is 1.33. The predicted octanol–water partition coefficient (Wildman–Crippen LogP) is 4.80. The van der Waals surface area contributed by atoms with E-state index in [9.17, 15) is 0 Å². The Bertz CT molecular complexity index is 1960. The molecule has 3 aliphatic rings. The molecular formula is C32H33F2N9O2. The Morgan fingerprint density at radius 1 is 1.09 bits per heavy atom. The summed E-state index contributed by atoms with van der Waals surface area (Å²) in [5.74, 6) is -0.518. The van der Waals surface area contributed by atoms with E-state index < -0.39 is 11.6 Å². The van der Waals surface area contributed by atoms with Gasteiger partial charge in [0.1, 0.15) is 47.3 Å². The van der Waals surface area contributed by atoms with E-state index in [-0.39, 0.29) is 52.2 Å². The van der Waals surface area contributed by atoms with Crippen LogP contribution in [0.25, 0.3) is 33.1 Å². The number of hydrogen-bond donors (Lipinski definition) is 1. The topological polar surface area (TPSA) is 120 Å². The molecule has 11 nitrogen and oxygen atoms in total. The van der Waals surface area contributed by atoms with Gasteiger partial charge in [0, 0.05) is 24.2 Å². The largest absolute Gasteiger partial charge is 0.475 e. The highest BCUT2D eigenvalue weighted by Crippen LogP contribution is 2.44. The fourth-order valence-corrected chi connectivity index (χ4v) is 7.45. The third kappa shape index (κ3) is 4.35. The number of aromatic nitrogens is 6. The van der Waals surface area contributed by atoms with Crippen molar-refractivity contribution in [3.63, 3.8) is 0 Å². The summed E-state index contributed by atoms with van der Waals surface area (Å²) in [5.41, 5.74) is 7.13. The molecule has 0 bridgehead atoms. The first-order chi connectivity index (χ1) is 21.8. The molecule has 8 rings (SSSR count). The number of pyridine rings is 2. The third-order valence-corrected chi connectivity index (χ3v) is 9.71. The summed E-state index contributed by atoms with van der Waals surface area (Å²) in [6.07, 6.45) is 7.53. The number of benzene rings is 1. The van der Waals surface area contributed by atoms with Crippen LogP contribution in [-0.2, 0) is 7.05 Å². The molecule has 0 spiro atoms. The van der Waals surface area contributed by atoms with Crippen molar-refractivity contribution < 1.29 is 18.3 Å². The first kappa shape index (κ1) is 27.9. The number of fused-ring (bicyclic) bond motifs is 2. The van der Waals surface area contributed by atoms with E-state index in [2.05, 4.69) is 25.0 Å². The fraction of sp³-hybridized carbons (Fsp3) is 0.406. The molecule has 0 saturated carbocycles. The molecule has 2 saturated heterocycles. The summed E-state index contributed by atoms with van der Waals surface area (Å²) >= 11 is 0. The first-order valence-electron chi connectivity index (χ1n) is 15.3. The maximum absolute atomic E-state index is 16.9. The molecule has 45 heavy (non-hydrogen) atoms. The Labute approximate surface area is 258 Å². The minimum absolute atomic E-state index is 0.0153. The molecule has 0 aliphatic carbocycles. The van der Waals surface area contributed by atoms with E-state index in [1.54, 1.807) is 25.5 Å². The van der Waals surface area contributed by atoms with Crippen molar-refractivity contribution in [2.75, 3.05) is 43.5 Å². The lowest BCUT2D eigenvalue weighted by Crippen LogP contribution is -2.43. The van der Waals surface area contributed by atoms with Crippen molar-refractivity contribution in [2.24, 2.45) is 7.05 Å². The van der Waals surface area contributed by atoms with E-state index in [4.69, 9.17) is 20.2 Å². The van der Waals surface area contributed by atoms with E-state index >= 15 is 8.78 Å². The zero-order valence-electron chi connectivity index (χ0n) is 25.1. The zero-order chi connectivity index (χ0) is 30.9. The molecule has 4 aromatic heterocycles. The predicted molar refractivity (Wildman–Crippen MR) is 165 cm³/mol. The van der Waals surface area contributed by atoms with Crippen molar-refractivity contribution in [1.82, 2.24) is 34.6 Å². The molecule has 7 heterocycles. The molecule has 1 atom stereocenters. The summed E-state index contributed by atoms with van der Waals surface area (Å²) in [7, 11) is 1.68. The highest BCUT2D eigenvalue weighted by atomic mass is 19.1. The molecule has 0 amide bonds. The normalized spacial score (nSPS) is 18.3. The Hall–Kier alpha value is -4.65. The van der Waals surface area contributed by atoms with Crippen molar-refractivity contribution in [3.8, 4) is 23.1 Å². The summed E-state index contributed by atoms with van der Waals surface area (Å²) in [6.45, 7) is 5.06. The van der Waals surface area contributed by atoms with Crippen molar-refractivity contribution >= 4 is 33.4 Å². The van der Waals surface area contributed by atoms with Crippen LogP contribution in [0.5, 0.6) is 11.9 Å². The van der Waals surface area contributed by atoms with Crippen LogP contribution in [0.4, 0.5) is 20.4 Å². The van der Waals surface area contributed by atoms with Gasteiger partial charge in [-0.2, -0.15) is 15.1 Å². The van der Waals surface area contributed by atoms with Crippen LogP contribution in [0.2, 0.25) is 0 Å². The number of nitrogens with two attached hydrogens (primary N) is 1. The highest BCUT2D eigenvalue weighted by molar-refractivity contribution is 6.00. The summed E-state index contributed by atoms with van der Waals surface area (Å²) in [5, 5.41) is 5.20. The summed E-state index contributed by atoms with van der Waals surface area (Å²) in [6, 6.07) is 6.37. The van der Waals surface area contributed by atoms with E-state index in [1.807, 2.05) is 24.0 Å². The minimum Gasteiger partial charge on any atom is -0.475 e. The number of nitrogen functional groups attached to an aromatic ring is 1. The van der Waals surface area contributed by atoms with Gasteiger partial charge in [-0.05, 0) is 63.9 Å². The second kappa shape index (κ2) is 10.5. The van der Waals surface area contributed by atoms with Crippen LogP contribution < -0.4 is 20.1 Å². The Morgan fingerprint density at radius 3 is 2.71 bits per heavy atom. The molecule has 2 fully saturated rings. The van der Waals surface area contributed by atoms with Crippen molar-refractivity contribution in [1.29, 1.82) is 0 Å². The first-order valence-corrected chi connectivity index (χ1v) is 15.3. The third-order valence-electron chi connectivity index (χ3n) is 9.71. The number of rotatable bonds is 6. The standard InChI is InChI=1S/C32H33F2N9O2/c1-18(20-6-3-11-36-28(20)35)43-14-15-44-30-23-26(24(34)25(38-30)22-21(33)8-7-19-16-37-41(2)27(19)22)39-31(40-29(23)43)45-17-32-9-4-12-42(32)13-5-10-32/h3,6-8,11,16,18H,4-5,9-10,12-15,17H2,1-2H3,(H2,35,36). The van der Waals surface area contributed by atoms with Gasteiger partial charge in [0.05, 0.1) is 35.4 Å². The van der Waals surface area contributed by atoms with Crippen LogP contribution >= 0.6 is 0 Å². The number of hydrogen-bond acceptors (Lipinski definition) is 10. The SMILES string of the molecule is CC(c1cccnc1N)N1CCOc2nc(-c3c(F)ccc4cnn(C)c34)c(F)c3nc(OCC45CCCN4CCC5)nc1c23. The fourth-order valence-electron chi connectivity index (χ4n) is 7.45. The average Bonchev–Trinajstić information content (AvgIpc) is 3.70. The van der Waals surface area contributed by atoms with E-state index in [1.165, 1.54) is 10.7 Å². The van der Waals surface area contributed by atoms with Crippen LogP contribution in [0.15, 0.2) is 36.7 Å². The number of ether oxygens (including phenoxy) is 2. The highest BCUT2D eigenvalue weighted by Gasteiger charge is 2.45. The lowest BCUT2D eigenvalue weighted by Gasteiger charge is -2.32. The van der Waals surface area contributed by atoms with Crippen LogP contribution in [0, 0.1) is 11.6 Å². The minimum atomic E-state index is -0.796. The van der Waals surface area contributed by atoms with Crippen molar-refractivity contribution in [2.45, 2.75) is 44.2 Å². The van der Waals surface area contributed by atoms with E-state index in [0.717, 1.165) is 44.3 Å². The average molecular weight is 614 g/mol. The Morgan fingerprint density at radius 2 is 1.91 bits per heavy atom. The maximum Gasteiger partial charge on any atom is 0.319 e. The molecule has 0 radical (unpaired) electrons. The van der Waals surface area contributed by atoms with Crippen LogP contribution in [-0.4, -0.2) is 73.0 Å². The zero-order valence-corrected chi connectivity index (χ0v) is 25.1. The second-order valence-corrected chi connectivity index (χ2v) is 12.2. The van der Waals surface area contributed by atoms with Gasteiger partial charge in [-0.15, -0.1) is 0 Å². The molecule has 13 heteroatoms. The van der Waals surface area contributed by atoms with Gasteiger partial charge in [-0.1, -0.05) is 6.07 Å². The maximum atomic E-state index is 16.9. The second-order valence-electron chi connectivity index (χ2n) is 12.2. The molecule has 1 unspecified atom stereocenters. The van der Waals surface area contributed by atoms with Gasteiger partial charge in [0.2, 0.25) is 5.88 Å². The van der Waals surface area contributed by atoms with Gasteiger partial charge < -0.3 is 20.1 Å². The quantitative estimate of drug-likeness (QED) is 0.286.